The van der Waals surface area contributed by atoms with E-state index < -0.39 is 10.0 Å². The number of nitrogens with zero attached hydrogens (tertiary/aromatic N) is 1. The van der Waals surface area contributed by atoms with Crippen LogP contribution in [0.25, 0.3) is 0 Å². The summed E-state index contributed by atoms with van der Waals surface area (Å²) in [6.07, 6.45) is 0.111. The smallest absolute Gasteiger partial charge is 0.252 e. The lowest BCUT2D eigenvalue weighted by Crippen LogP contribution is -2.30. The molecule has 5 nitrogen and oxygen atoms in total. The lowest BCUT2D eigenvalue weighted by Gasteiger charge is -2.16. The molecule has 0 atom stereocenters. The fraction of sp³-hybridized carbons (Fsp3) is 0.667. The van der Waals surface area contributed by atoms with Gasteiger partial charge in [0.25, 0.3) is 10.0 Å². The van der Waals surface area contributed by atoms with Crippen LogP contribution in [0.3, 0.4) is 0 Å². The SMILES string of the molecule is CNCc1csc(S(=O)(=O)N(C)CCOC(C)C)c1. The van der Waals surface area contributed by atoms with Gasteiger partial charge in [-0.05, 0) is 37.9 Å². The largest absolute Gasteiger partial charge is 0.377 e. The summed E-state index contributed by atoms with van der Waals surface area (Å²) in [7, 11) is 0.0241. The number of nitrogens with one attached hydrogen (secondary N) is 1. The minimum absolute atomic E-state index is 0.111. The predicted octanol–water partition coefficient (Wildman–Crippen LogP) is 1.51. The summed E-state index contributed by atoms with van der Waals surface area (Å²) in [5.74, 6) is 0. The number of thiophene rings is 1. The quantitative estimate of drug-likeness (QED) is 0.791. The first-order valence-corrected chi connectivity index (χ1v) is 8.50. The molecule has 0 saturated heterocycles. The third-order valence-corrected chi connectivity index (χ3v) is 5.85. The van der Waals surface area contributed by atoms with Gasteiger partial charge in [-0.25, -0.2) is 8.42 Å². The van der Waals surface area contributed by atoms with Crippen LogP contribution in [0.15, 0.2) is 15.7 Å². The fourth-order valence-electron chi connectivity index (χ4n) is 1.48. The van der Waals surface area contributed by atoms with Gasteiger partial charge in [-0.1, -0.05) is 0 Å². The second-order valence-electron chi connectivity index (χ2n) is 4.55. The first-order valence-electron chi connectivity index (χ1n) is 6.18. The monoisotopic (exact) mass is 306 g/mol. The Balaban J connectivity index is 2.67. The average Bonchev–Trinajstić information content (AvgIpc) is 2.78. The van der Waals surface area contributed by atoms with Gasteiger partial charge >= 0.3 is 0 Å². The Morgan fingerprint density at radius 3 is 2.74 bits per heavy atom. The Hall–Kier alpha value is -0.470. The molecular formula is C12H22N2O3S2. The Morgan fingerprint density at radius 1 is 1.47 bits per heavy atom. The lowest BCUT2D eigenvalue weighted by molar-refractivity contribution is 0.0737. The van der Waals surface area contributed by atoms with E-state index in [1.807, 2.05) is 26.3 Å². The molecule has 0 spiro atoms. The summed E-state index contributed by atoms with van der Waals surface area (Å²) < 4.78 is 31.7. The second-order valence-corrected chi connectivity index (χ2v) is 7.73. The molecule has 1 aromatic heterocycles. The van der Waals surface area contributed by atoms with Gasteiger partial charge in [-0.3, -0.25) is 0 Å². The van der Waals surface area contributed by atoms with Crippen molar-refractivity contribution in [3.63, 3.8) is 0 Å². The lowest BCUT2D eigenvalue weighted by atomic mass is 10.3. The Labute approximate surface area is 119 Å². The highest BCUT2D eigenvalue weighted by Crippen LogP contribution is 2.23. The van der Waals surface area contributed by atoms with Gasteiger partial charge in [-0.2, -0.15) is 4.31 Å². The normalized spacial score (nSPS) is 12.5. The van der Waals surface area contributed by atoms with Crippen molar-refractivity contribution in [3.8, 4) is 0 Å². The van der Waals surface area contributed by atoms with Crippen LogP contribution < -0.4 is 5.32 Å². The maximum atomic E-state index is 12.3. The third-order valence-electron chi connectivity index (χ3n) is 2.53. The molecule has 0 aromatic carbocycles. The van der Waals surface area contributed by atoms with E-state index in [0.29, 0.717) is 23.9 Å². The van der Waals surface area contributed by atoms with Crippen molar-refractivity contribution in [1.29, 1.82) is 0 Å². The molecule has 1 heterocycles. The summed E-state index contributed by atoms with van der Waals surface area (Å²) in [5, 5.41) is 4.87. The number of likely N-dealkylation sites (N-methyl/N-ethyl adjacent to an activating group) is 1. The van der Waals surface area contributed by atoms with Crippen LogP contribution in [0.4, 0.5) is 0 Å². The minimum atomic E-state index is -3.39. The number of hydrogen-bond donors (Lipinski definition) is 1. The number of rotatable bonds is 8. The van der Waals surface area contributed by atoms with Gasteiger partial charge in [0, 0.05) is 20.1 Å². The van der Waals surface area contributed by atoms with Crippen LogP contribution in [0.2, 0.25) is 0 Å². The number of sulfonamides is 1. The van der Waals surface area contributed by atoms with Gasteiger partial charge in [0.15, 0.2) is 0 Å². The summed E-state index contributed by atoms with van der Waals surface area (Å²) in [6, 6.07) is 1.72. The van der Waals surface area contributed by atoms with Crippen molar-refractivity contribution >= 4 is 21.4 Å². The van der Waals surface area contributed by atoms with E-state index in [0.717, 1.165) is 5.56 Å². The molecule has 1 N–H and O–H groups in total. The maximum absolute atomic E-state index is 12.3. The molecule has 0 amide bonds. The zero-order valence-electron chi connectivity index (χ0n) is 11.8. The van der Waals surface area contributed by atoms with E-state index in [9.17, 15) is 8.42 Å². The van der Waals surface area contributed by atoms with E-state index in [-0.39, 0.29) is 6.10 Å². The molecule has 19 heavy (non-hydrogen) atoms. The Morgan fingerprint density at radius 2 is 2.16 bits per heavy atom. The van der Waals surface area contributed by atoms with Gasteiger partial charge in [0.1, 0.15) is 4.21 Å². The van der Waals surface area contributed by atoms with Gasteiger partial charge in [-0.15, -0.1) is 11.3 Å². The highest BCUT2D eigenvalue weighted by Gasteiger charge is 2.22. The minimum Gasteiger partial charge on any atom is -0.377 e. The van der Waals surface area contributed by atoms with Crippen LogP contribution in [0.5, 0.6) is 0 Å². The second kappa shape index (κ2) is 7.35. The first kappa shape index (κ1) is 16.6. The molecule has 110 valence electrons. The molecule has 0 bridgehead atoms. The van der Waals surface area contributed by atoms with Gasteiger partial charge < -0.3 is 10.1 Å². The van der Waals surface area contributed by atoms with E-state index in [2.05, 4.69) is 5.32 Å². The summed E-state index contributed by atoms with van der Waals surface area (Å²) in [6.45, 7) is 5.30. The fourth-order valence-corrected chi connectivity index (χ4v) is 4.05. The van der Waals surface area contributed by atoms with Crippen molar-refractivity contribution in [1.82, 2.24) is 9.62 Å². The molecule has 1 rings (SSSR count). The number of hydrogen-bond acceptors (Lipinski definition) is 5. The van der Waals surface area contributed by atoms with Crippen molar-refractivity contribution < 1.29 is 13.2 Å². The zero-order valence-corrected chi connectivity index (χ0v) is 13.5. The molecule has 0 aliphatic rings. The highest BCUT2D eigenvalue weighted by atomic mass is 32.2. The van der Waals surface area contributed by atoms with Crippen LogP contribution in [0, 0.1) is 0 Å². The van der Waals surface area contributed by atoms with Crippen LogP contribution >= 0.6 is 11.3 Å². The maximum Gasteiger partial charge on any atom is 0.252 e. The molecule has 0 unspecified atom stereocenters. The average molecular weight is 306 g/mol. The molecule has 7 heteroatoms. The standard InChI is InChI=1S/C12H22N2O3S2/c1-10(2)17-6-5-14(4)19(15,16)12-7-11(8-13-3)9-18-12/h7,9-10,13H,5-6,8H2,1-4H3. The van der Waals surface area contributed by atoms with Crippen molar-refractivity contribution in [3.05, 3.63) is 17.0 Å². The molecule has 0 saturated carbocycles. The summed E-state index contributed by atoms with van der Waals surface area (Å²) >= 11 is 1.25. The summed E-state index contributed by atoms with van der Waals surface area (Å²) in [4.78, 5) is 0. The van der Waals surface area contributed by atoms with Crippen molar-refractivity contribution in [2.75, 3.05) is 27.2 Å². The first-order chi connectivity index (χ1) is 8.87. The Kier molecular flexibility index (Phi) is 6.41. The van der Waals surface area contributed by atoms with Crippen LogP contribution in [-0.4, -0.2) is 46.1 Å². The zero-order chi connectivity index (χ0) is 14.5. The van der Waals surface area contributed by atoms with Crippen molar-refractivity contribution in [2.45, 2.75) is 30.7 Å². The van der Waals surface area contributed by atoms with Crippen LogP contribution in [-0.2, 0) is 21.3 Å². The van der Waals surface area contributed by atoms with E-state index in [1.165, 1.54) is 15.6 Å². The molecule has 1 aromatic rings. The molecule has 0 radical (unpaired) electrons. The van der Waals surface area contributed by atoms with Crippen molar-refractivity contribution in [2.24, 2.45) is 0 Å². The van der Waals surface area contributed by atoms with E-state index in [1.54, 1.807) is 13.1 Å². The third kappa shape index (κ3) is 4.85. The van der Waals surface area contributed by atoms with Gasteiger partial charge in [0.2, 0.25) is 0 Å². The molecule has 0 fully saturated rings. The van der Waals surface area contributed by atoms with E-state index >= 15 is 0 Å². The molecule has 0 aliphatic heterocycles. The summed E-state index contributed by atoms with van der Waals surface area (Å²) in [5.41, 5.74) is 0.984. The molecule has 0 aliphatic carbocycles. The topological polar surface area (TPSA) is 58.6 Å². The Bertz CT molecular complexity index is 483. The van der Waals surface area contributed by atoms with Gasteiger partial charge in [0.05, 0.1) is 12.7 Å². The van der Waals surface area contributed by atoms with E-state index in [4.69, 9.17) is 4.74 Å². The highest BCUT2D eigenvalue weighted by molar-refractivity contribution is 7.91. The van der Waals surface area contributed by atoms with Crippen LogP contribution in [0.1, 0.15) is 19.4 Å². The predicted molar refractivity (Wildman–Crippen MR) is 78.0 cm³/mol. The molecular weight excluding hydrogens is 284 g/mol. The number of ether oxygens (including phenoxy) is 1.